The SMILES string of the molecule is COc1ccc(N(C(=O)CN2C(=O)C(C)C(=O)N(c3cccnc3)c3ccccc32)C(C)C)cc1. The number of aromatic nitrogens is 1. The van der Waals surface area contributed by atoms with Gasteiger partial charge in [-0.2, -0.15) is 0 Å². The van der Waals surface area contributed by atoms with Crippen LogP contribution in [0.5, 0.6) is 5.75 Å². The number of pyridine rings is 1. The molecule has 0 saturated heterocycles. The molecule has 0 radical (unpaired) electrons. The summed E-state index contributed by atoms with van der Waals surface area (Å²) in [5.41, 5.74) is 2.27. The van der Waals surface area contributed by atoms with Gasteiger partial charge in [-0.05, 0) is 69.3 Å². The van der Waals surface area contributed by atoms with Crippen molar-refractivity contribution in [3.8, 4) is 5.75 Å². The van der Waals surface area contributed by atoms with E-state index in [4.69, 9.17) is 4.74 Å². The lowest BCUT2D eigenvalue weighted by atomic mass is 10.1. The first-order valence-electron chi connectivity index (χ1n) is 11.4. The zero-order chi connectivity index (χ0) is 25.1. The molecule has 3 aromatic rings. The van der Waals surface area contributed by atoms with Gasteiger partial charge in [0.2, 0.25) is 17.7 Å². The van der Waals surface area contributed by atoms with Gasteiger partial charge in [0, 0.05) is 17.9 Å². The summed E-state index contributed by atoms with van der Waals surface area (Å²) in [6.07, 6.45) is 3.20. The van der Waals surface area contributed by atoms with E-state index < -0.39 is 11.8 Å². The molecular formula is C27H28N4O4. The average molecular weight is 473 g/mol. The van der Waals surface area contributed by atoms with Crippen molar-refractivity contribution < 1.29 is 19.1 Å². The van der Waals surface area contributed by atoms with Crippen molar-refractivity contribution in [2.24, 2.45) is 5.92 Å². The number of hydrogen-bond donors (Lipinski definition) is 0. The summed E-state index contributed by atoms with van der Waals surface area (Å²) in [6, 6.07) is 17.7. The molecule has 0 saturated carbocycles. The van der Waals surface area contributed by atoms with Gasteiger partial charge in [-0.25, -0.2) is 0 Å². The minimum atomic E-state index is -0.983. The molecule has 1 aliphatic rings. The number of anilines is 4. The Morgan fingerprint density at radius 3 is 2.29 bits per heavy atom. The zero-order valence-electron chi connectivity index (χ0n) is 20.2. The number of carbonyl (C=O) groups is 3. The number of hydrogen-bond acceptors (Lipinski definition) is 5. The number of ether oxygens (including phenoxy) is 1. The van der Waals surface area contributed by atoms with Gasteiger partial charge < -0.3 is 14.5 Å². The van der Waals surface area contributed by atoms with Gasteiger partial charge in [0.05, 0.1) is 30.4 Å². The molecule has 0 fully saturated rings. The quantitative estimate of drug-likeness (QED) is 0.503. The zero-order valence-corrected chi connectivity index (χ0v) is 20.2. The molecule has 8 heteroatoms. The Morgan fingerprint density at radius 2 is 1.69 bits per heavy atom. The van der Waals surface area contributed by atoms with Crippen LogP contribution in [0.3, 0.4) is 0 Å². The molecule has 0 bridgehead atoms. The van der Waals surface area contributed by atoms with Gasteiger partial charge in [-0.1, -0.05) is 12.1 Å². The molecule has 180 valence electrons. The van der Waals surface area contributed by atoms with E-state index in [9.17, 15) is 14.4 Å². The smallest absolute Gasteiger partial charge is 0.247 e. The highest BCUT2D eigenvalue weighted by atomic mass is 16.5. The number of benzene rings is 2. The molecule has 0 aliphatic carbocycles. The normalized spacial score (nSPS) is 15.6. The Kier molecular flexibility index (Phi) is 6.82. The number of amides is 3. The van der Waals surface area contributed by atoms with E-state index in [1.54, 1.807) is 79.9 Å². The van der Waals surface area contributed by atoms with E-state index in [1.165, 1.54) is 9.80 Å². The second kappa shape index (κ2) is 9.97. The third kappa shape index (κ3) is 4.59. The maximum atomic E-state index is 13.6. The highest BCUT2D eigenvalue weighted by molar-refractivity contribution is 6.21. The number of rotatable bonds is 6. The molecule has 0 N–H and O–H groups in total. The molecule has 1 atom stereocenters. The fourth-order valence-electron chi connectivity index (χ4n) is 4.25. The van der Waals surface area contributed by atoms with Crippen LogP contribution in [0.15, 0.2) is 73.1 Å². The molecule has 8 nitrogen and oxygen atoms in total. The first kappa shape index (κ1) is 23.9. The first-order valence-corrected chi connectivity index (χ1v) is 11.4. The Morgan fingerprint density at radius 1 is 1.00 bits per heavy atom. The van der Waals surface area contributed by atoms with Crippen molar-refractivity contribution in [2.75, 3.05) is 28.4 Å². The van der Waals surface area contributed by atoms with Crippen LogP contribution in [0, 0.1) is 5.92 Å². The van der Waals surface area contributed by atoms with Crippen molar-refractivity contribution in [3.05, 3.63) is 73.1 Å². The lowest BCUT2D eigenvalue weighted by Gasteiger charge is -2.31. The number of para-hydroxylation sites is 2. The summed E-state index contributed by atoms with van der Waals surface area (Å²) < 4.78 is 5.23. The fourth-order valence-corrected chi connectivity index (χ4v) is 4.25. The molecule has 2 aromatic carbocycles. The maximum Gasteiger partial charge on any atom is 0.247 e. The van der Waals surface area contributed by atoms with Gasteiger partial charge in [0.25, 0.3) is 0 Å². The van der Waals surface area contributed by atoms with E-state index >= 15 is 0 Å². The van der Waals surface area contributed by atoms with E-state index in [0.717, 1.165) is 0 Å². The van der Waals surface area contributed by atoms with Crippen molar-refractivity contribution in [1.82, 2.24) is 4.98 Å². The first-order chi connectivity index (χ1) is 16.8. The summed E-state index contributed by atoms with van der Waals surface area (Å²) in [5, 5.41) is 0. The van der Waals surface area contributed by atoms with Crippen molar-refractivity contribution >= 4 is 40.5 Å². The lowest BCUT2D eigenvalue weighted by molar-refractivity contribution is -0.131. The highest BCUT2D eigenvalue weighted by Crippen LogP contribution is 2.39. The van der Waals surface area contributed by atoms with E-state index in [1.807, 2.05) is 26.0 Å². The topological polar surface area (TPSA) is 83.0 Å². The van der Waals surface area contributed by atoms with Crippen LogP contribution in [-0.2, 0) is 14.4 Å². The predicted octanol–water partition coefficient (Wildman–Crippen LogP) is 4.18. The summed E-state index contributed by atoms with van der Waals surface area (Å²) in [6.45, 7) is 5.19. The van der Waals surface area contributed by atoms with E-state index in [0.29, 0.717) is 28.5 Å². The predicted molar refractivity (Wildman–Crippen MR) is 135 cm³/mol. The van der Waals surface area contributed by atoms with Crippen LogP contribution in [0.4, 0.5) is 22.7 Å². The third-order valence-electron chi connectivity index (χ3n) is 5.97. The molecule has 3 amide bonds. The van der Waals surface area contributed by atoms with Crippen molar-refractivity contribution in [2.45, 2.75) is 26.8 Å². The van der Waals surface area contributed by atoms with E-state index in [-0.39, 0.29) is 24.4 Å². The second-order valence-corrected chi connectivity index (χ2v) is 8.58. The molecule has 1 unspecified atom stereocenters. The Hall–Kier alpha value is -4.20. The molecule has 4 rings (SSSR count). The summed E-state index contributed by atoms with van der Waals surface area (Å²) >= 11 is 0. The number of methoxy groups -OCH3 is 1. The molecule has 1 aliphatic heterocycles. The van der Waals surface area contributed by atoms with E-state index in [2.05, 4.69) is 4.98 Å². The third-order valence-corrected chi connectivity index (χ3v) is 5.97. The van der Waals surface area contributed by atoms with Crippen molar-refractivity contribution in [3.63, 3.8) is 0 Å². The molecule has 0 spiro atoms. The van der Waals surface area contributed by atoms with Crippen LogP contribution < -0.4 is 19.4 Å². The van der Waals surface area contributed by atoms with Gasteiger partial charge in [0.1, 0.15) is 18.2 Å². The Labute approximate surface area is 204 Å². The summed E-state index contributed by atoms with van der Waals surface area (Å²) in [5.74, 6) is -1.36. The molecule has 35 heavy (non-hydrogen) atoms. The molecule has 1 aromatic heterocycles. The summed E-state index contributed by atoms with van der Waals surface area (Å²) in [4.78, 5) is 49.2. The van der Waals surface area contributed by atoms with Crippen LogP contribution in [0.25, 0.3) is 0 Å². The van der Waals surface area contributed by atoms with Crippen LogP contribution in [0.2, 0.25) is 0 Å². The number of fused-ring (bicyclic) bond motifs is 1. The van der Waals surface area contributed by atoms with Crippen LogP contribution in [-0.4, -0.2) is 42.4 Å². The minimum absolute atomic E-state index is 0.154. The minimum Gasteiger partial charge on any atom is -0.497 e. The largest absolute Gasteiger partial charge is 0.497 e. The van der Waals surface area contributed by atoms with Gasteiger partial charge >= 0.3 is 0 Å². The average Bonchev–Trinajstić information content (AvgIpc) is 2.94. The summed E-state index contributed by atoms with van der Waals surface area (Å²) in [7, 11) is 1.58. The van der Waals surface area contributed by atoms with Crippen molar-refractivity contribution in [1.29, 1.82) is 0 Å². The second-order valence-electron chi connectivity index (χ2n) is 8.58. The highest BCUT2D eigenvalue weighted by Gasteiger charge is 2.39. The number of nitrogens with zero attached hydrogens (tertiary/aromatic N) is 4. The maximum absolute atomic E-state index is 13.6. The number of carbonyl (C=O) groups excluding carboxylic acids is 3. The fraction of sp³-hybridized carbons (Fsp3) is 0.259. The van der Waals surface area contributed by atoms with Crippen LogP contribution in [0.1, 0.15) is 20.8 Å². The Bertz CT molecular complexity index is 1230. The van der Waals surface area contributed by atoms with Gasteiger partial charge in [0.15, 0.2) is 0 Å². The molecule has 2 heterocycles. The monoisotopic (exact) mass is 472 g/mol. The molecular weight excluding hydrogens is 444 g/mol. The standard InChI is InChI=1S/C27H28N4O4/c1-18(2)30(20-11-13-22(35-4)14-12-20)25(32)17-29-23-9-5-6-10-24(23)31(21-8-7-15-28-16-21)27(34)19(3)26(29)33/h5-16,18-19H,17H2,1-4H3. The van der Waals surface area contributed by atoms with Gasteiger partial charge in [-0.3, -0.25) is 24.3 Å². The lowest BCUT2D eigenvalue weighted by Crippen LogP contribution is -2.47. The van der Waals surface area contributed by atoms with Gasteiger partial charge in [-0.15, -0.1) is 0 Å². The Balaban J connectivity index is 1.74. The van der Waals surface area contributed by atoms with Crippen LogP contribution >= 0.6 is 0 Å².